The molecule has 0 spiro atoms. The fourth-order valence-corrected chi connectivity index (χ4v) is 3.63. The molecule has 1 aromatic carbocycles. The highest BCUT2D eigenvalue weighted by Crippen LogP contribution is 2.40. The van der Waals surface area contributed by atoms with Crippen LogP contribution in [-0.4, -0.2) is 53.3 Å². The lowest BCUT2D eigenvalue weighted by Crippen LogP contribution is -2.50. The maximum Gasteiger partial charge on any atom is 0.410 e. The summed E-state index contributed by atoms with van der Waals surface area (Å²) in [5.41, 5.74) is 0.338. The Bertz CT molecular complexity index is 715. The van der Waals surface area contributed by atoms with Crippen LogP contribution >= 0.6 is 0 Å². The summed E-state index contributed by atoms with van der Waals surface area (Å²) in [7, 11) is 0. The number of nitro benzene ring substituents is 1. The number of hydrogen-bond acceptors (Lipinski definition) is 6. The molecule has 2 unspecified atom stereocenters. The number of rotatable bonds is 4. The summed E-state index contributed by atoms with van der Waals surface area (Å²) in [4.78, 5) is 26.9. The van der Waals surface area contributed by atoms with Gasteiger partial charge in [0.2, 0.25) is 0 Å². The lowest BCUT2D eigenvalue weighted by atomic mass is 10.2. The molecule has 0 saturated carbocycles. The number of amides is 1. The van der Waals surface area contributed by atoms with Crippen molar-refractivity contribution in [2.75, 3.05) is 24.6 Å². The van der Waals surface area contributed by atoms with Crippen LogP contribution in [0.3, 0.4) is 0 Å². The number of benzene rings is 1. The van der Waals surface area contributed by atoms with Gasteiger partial charge < -0.3 is 19.3 Å². The molecule has 1 amide bonds. The van der Waals surface area contributed by atoms with Gasteiger partial charge in [-0.25, -0.2) is 4.79 Å². The highest BCUT2D eigenvalue weighted by atomic mass is 16.6. The van der Waals surface area contributed by atoms with Gasteiger partial charge >= 0.3 is 6.09 Å². The number of likely N-dealkylation sites (tertiary alicyclic amines) is 1. The van der Waals surface area contributed by atoms with E-state index in [1.54, 1.807) is 11.0 Å². The number of carbonyl (C=O) groups is 1. The molecule has 8 nitrogen and oxygen atoms in total. The first-order valence-electron chi connectivity index (χ1n) is 8.87. The molecule has 0 aromatic heterocycles. The highest BCUT2D eigenvalue weighted by Gasteiger charge is 2.47. The minimum atomic E-state index is -0.515. The first-order chi connectivity index (χ1) is 12.2. The van der Waals surface area contributed by atoms with Gasteiger partial charge in [-0.2, -0.15) is 0 Å². The summed E-state index contributed by atoms with van der Waals surface area (Å²) in [5.74, 6) is 0.512. The van der Waals surface area contributed by atoms with Crippen molar-refractivity contribution in [3.05, 3.63) is 28.3 Å². The van der Waals surface area contributed by atoms with Gasteiger partial charge in [-0.15, -0.1) is 0 Å². The van der Waals surface area contributed by atoms with Crippen LogP contribution in [0.5, 0.6) is 5.75 Å². The van der Waals surface area contributed by atoms with Crippen molar-refractivity contribution in [2.45, 2.75) is 51.8 Å². The molecule has 0 N–H and O–H groups in total. The van der Waals surface area contributed by atoms with Gasteiger partial charge in [0.1, 0.15) is 11.4 Å². The van der Waals surface area contributed by atoms with Gasteiger partial charge in [0.25, 0.3) is 5.69 Å². The number of fused-ring (bicyclic) bond motifs is 2. The summed E-state index contributed by atoms with van der Waals surface area (Å²) >= 11 is 0. The maximum atomic E-state index is 12.4. The number of nitro groups is 1. The SMILES string of the molecule is CCOc1cc([N+](=O)[O-])ccc1N1CC2CC1CN2C(=O)OC(C)(C)C. The molecule has 2 fully saturated rings. The Balaban J connectivity index is 1.76. The smallest absolute Gasteiger partial charge is 0.410 e. The average molecular weight is 363 g/mol. The normalized spacial score (nSPS) is 21.8. The van der Waals surface area contributed by atoms with Crippen LogP contribution in [0.2, 0.25) is 0 Å². The van der Waals surface area contributed by atoms with E-state index >= 15 is 0 Å². The summed E-state index contributed by atoms with van der Waals surface area (Å²) in [6, 6.07) is 4.95. The van der Waals surface area contributed by atoms with E-state index < -0.39 is 10.5 Å². The molecule has 8 heteroatoms. The Hall–Kier alpha value is -2.51. The van der Waals surface area contributed by atoms with Gasteiger partial charge in [-0.1, -0.05) is 0 Å². The quantitative estimate of drug-likeness (QED) is 0.603. The van der Waals surface area contributed by atoms with Crippen molar-refractivity contribution in [3.63, 3.8) is 0 Å². The van der Waals surface area contributed by atoms with Crippen LogP contribution in [0, 0.1) is 10.1 Å². The molecule has 3 rings (SSSR count). The topological polar surface area (TPSA) is 85.2 Å². The highest BCUT2D eigenvalue weighted by molar-refractivity contribution is 5.71. The van der Waals surface area contributed by atoms with Crippen LogP contribution < -0.4 is 9.64 Å². The second-order valence-corrected chi connectivity index (χ2v) is 7.67. The van der Waals surface area contributed by atoms with Gasteiger partial charge in [0.15, 0.2) is 0 Å². The zero-order valence-corrected chi connectivity index (χ0v) is 15.6. The molecule has 0 aliphatic carbocycles. The average Bonchev–Trinajstić information content (AvgIpc) is 3.13. The molecule has 2 bridgehead atoms. The van der Waals surface area contributed by atoms with E-state index in [2.05, 4.69) is 4.90 Å². The second kappa shape index (κ2) is 6.66. The first kappa shape index (κ1) is 18.3. The van der Waals surface area contributed by atoms with E-state index in [0.29, 0.717) is 25.4 Å². The monoisotopic (exact) mass is 363 g/mol. The van der Waals surface area contributed by atoms with Gasteiger partial charge in [0.05, 0.1) is 29.3 Å². The number of ether oxygens (including phenoxy) is 2. The minimum Gasteiger partial charge on any atom is -0.491 e. The predicted molar refractivity (Wildman–Crippen MR) is 96.7 cm³/mol. The van der Waals surface area contributed by atoms with Crippen LogP contribution in [0.15, 0.2) is 18.2 Å². The Morgan fingerprint density at radius 2 is 2.04 bits per heavy atom. The molecule has 2 aliphatic rings. The third-order valence-corrected chi connectivity index (χ3v) is 4.63. The van der Waals surface area contributed by atoms with E-state index in [1.807, 2.05) is 27.7 Å². The number of non-ortho nitro benzene ring substituents is 1. The molecule has 1 aromatic rings. The molecule has 0 radical (unpaired) electrons. The van der Waals surface area contributed by atoms with Crippen molar-refractivity contribution in [1.82, 2.24) is 4.90 Å². The number of anilines is 1. The largest absolute Gasteiger partial charge is 0.491 e. The number of nitrogens with zero attached hydrogens (tertiary/aromatic N) is 3. The Labute approximate surface area is 152 Å². The van der Waals surface area contributed by atoms with Crippen LogP contribution in [0.25, 0.3) is 0 Å². The number of carbonyl (C=O) groups excluding carboxylic acids is 1. The number of piperazine rings is 1. The van der Waals surface area contributed by atoms with Crippen molar-refractivity contribution in [1.29, 1.82) is 0 Å². The van der Waals surface area contributed by atoms with Gasteiger partial charge in [-0.05, 0) is 40.2 Å². The lowest BCUT2D eigenvalue weighted by Gasteiger charge is -2.36. The third-order valence-electron chi connectivity index (χ3n) is 4.63. The van der Waals surface area contributed by atoms with Crippen LogP contribution in [0.4, 0.5) is 16.2 Å². The summed E-state index contributed by atoms with van der Waals surface area (Å²) in [5, 5.41) is 11.0. The predicted octanol–water partition coefficient (Wildman–Crippen LogP) is 3.19. The molecule has 2 atom stereocenters. The fraction of sp³-hybridized carbons (Fsp3) is 0.611. The first-order valence-corrected chi connectivity index (χ1v) is 8.87. The maximum absolute atomic E-state index is 12.4. The van der Waals surface area contributed by atoms with Crippen LogP contribution in [-0.2, 0) is 4.74 Å². The van der Waals surface area contributed by atoms with E-state index in [-0.39, 0.29) is 23.9 Å². The van der Waals surface area contributed by atoms with Gasteiger partial charge in [-0.3, -0.25) is 10.1 Å². The van der Waals surface area contributed by atoms with Crippen LogP contribution in [0.1, 0.15) is 34.1 Å². The molecular weight excluding hydrogens is 338 g/mol. The number of hydrogen-bond donors (Lipinski definition) is 0. The van der Waals surface area contributed by atoms with Crippen molar-refractivity contribution < 1.29 is 19.2 Å². The zero-order chi connectivity index (χ0) is 19.1. The summed E-state index contributed by atoms with van der Waals surface area (Å²) in [6.07, 6.45) is 0.584. The third kappa shape index (κ3) is 3.54. The summed E-state index contributed by atoms with van der Waals surface area (Å²) < 4.78 is 11.1. The molecule has 142 valence electrons. The molecule has 26 heavy (non-hydrogen) atoms. The fourth-order valence-electron chi connectivity index (χ4n) is 3.63. The molecular formula is C18H25N3O5. The van der Waals surface area contributed by atoms with Crippen molar-refractivity contribution >= 4 is 17.5 Å². The Morgan fingerprint density at radius 1 is 1.31 bits per heavy atom. The van der Waals surface area contributed by atoms with Gasteiger partial charge in [0, 0.05) is 25.2 Å². The Kier molecular flexibility index (Phi) is 4.68. The second-order valence-electron chi connectivity index (χ2n) is 7.67. The molecule has 2 heterocycles. The molecule has 2 saturated heterocycles. The van der Waals surface area contributed by atoms with Crippen molar-refractivity contribution in [2.24, 2.45) is 0 Å². The van der Waals surface area contributed by atoms with E-state index in [9.17, 15) is 14.9 Å². The minimum absolute atomic E-state index is 0.0111. The van der Waals surface area contributed by atoms with E-state index in [1.165, 1.54) is 12.1 Å². The standard InChI is InChI=1S/C18H25N3O5/c1-5-25-16-9-12(21(23)24)6-7-15(16)19-10-14-8-13(19)11-20(14)17(22)26-18(2,3)4/h6-7,9,13-14H,5,8,10-11H2,1-4H3. The van der Waals surface area contributed by atoms with E-state index in [0.717, 1.165) is 12.1 Å². The zero-order valence-electron chi connectivity index (χ0n) is 15.6. The Morgan fingerprint density at radius 3 is 2.58 bits per heavy atom. The van der Waals surface area contributed by atoms with Crippen molar-refractivity contribution in [3.8, 4) is 5.75 Å². The summed E-state index contributed by atoms with van der Waals surface area (Å²) in [6.45, 7) is 9.11. The lowest BCUT2D eigenvalue weighted by molar-refractivity contribution is -0.384. The molecule has 2 aliphatic heterocycles. The van der Waals surface area contributed by atoms with E-state index in [4.69, 9.17) is 9.47 Å².